The first kappa shape index (κ1) is 18.7. The van der Waals surface area contributed by atoms with E-state index in [0.29, 0.717) is 0 Å². The average Bonchev–Trinajstić information content (AvgIpc) is 2.84. The third kappa shape index (κ3) is 4.90. The molecule has 0 atom stereocenters. The Morgan fingerprint density at radius 2 is 1.91 bits per heavy atom. The average molecular weight is 359 g/mol. The summed E-state index contributed by atoms with van der Waals surface area (Å²) in [5, 5.41) is 4.66. The first-order chi connectivity index (χ1) is 10.5. The van der Waals surface area contributed by atoms with Crippen molar-refractivity contribution in [3.63, 3.8) is 0 Å². The van der Waals surface area contributed by atoms with Crippen molar-refractivity contribution in [2.75, 3.05) is 6.61 Å². The second-order valence-electron chi connectivity index (χ2n) is 8.07. The highest BCUT2D eigenvalue weighted by Crippen LogP contribution is 2.36. The Hall–Kier alpha value is -0.663. The summed E-state index contributed by atoms with van der Waals surface area (Å²) in [7, 11) is -4.54. The molecule has 0 radical (unpaired) electrons. The molecule has 132 valence electrons. The predicted molar refractivity (Wildman–Crippen MR) is 95.6 cm³/mol. The summed E-state index contributed by atoms with van der Waals surface area (Å²) in [6.45, 7) is 13.0. The van der Waals surface area contributed by atoms with Crippen LogP contribution in [-0.4, -0.2) is 33.1 Å². The van der Waals surface area contributed by atoms with E-state index in [-0.39, 0.29) is 16.5 Å². The van der Waals surface area contributed by atoms with E-state index >= 15 is 0 Å². The van der Waals surface area contributed by atoms with Gasteiger partial charge in [0.2, 0.25) is 0 Å². The molecular formula is C16H30N2O3SSi. The van der Waals surface area contributed by atoms with Crippen molar-refractivity contribution in [3.8, 4) is 0 Å². The number of aromatic nitrogens is 2. The third-order valence-electron chi connectivity index (χ3n) is 4.96. The van der Waals surface area contributed by atoms with Crippen LogP contribution in [0.3, 0.4) is 0 Å². The fraction of sp³-hybridized carbons (Fsp3) is 0.812. The molecule has 2 heterocycles. The molecule has 5 nitrogen and oxygen atoms in total. The molecule has 1 aliphatic heterocycles. The number of hydrogen-bond donors (Lipinski definition) is 0. The van der Waals surface area contributed by atoms with Crippen molar-refractivity contribution in [2.45, 2.75) is 76.2 Å². The van der Waals surface area contributed by atoms with Gasteiger partial charge in [0.1, 0.15) is 0 Å². The standard InChI is InChI=1S/C16H30N2O3SSi/c1-16(2,3)23(4,5)21-10-8-6-7-9-18-11-14-12-22(19,20)13-15(14)17-18/h11H,6-10,12-13H2,1-5H3. The Balaban J connectivity index is 1.66. The molecule has 0 aliphatic carbocycles. The highest BCUT2D eigenvalue weighted by molar-refractivity contribution is 7.90. The number of rotatable bonds is 7. The second-order valence-corrected chi connectivity index (χ2v) is 14.9. The van der Waals surface area contributed by atoms with Crippen molar-refractivity contribution in [1.29, 1.82) is 0 Å². The smallest absolute Gasteiger partial charge is 0.191 e. The van der Waals surface area contributed by atoms with Gasteiger partial charge in [-0.15, -0.1) is 0 Å². The Kier molecular flexibility index (Phi) is 5.43. The molecular weight excluding hydrogens is 328 g/mol. The Morgan fingerprint density at radius 1 is 1.22 bits per heavy atom. The lowest BCUT2D eigenvalue weighted by Gasteiger charge is -2.36. The van der Waals surface area contributed by atoms with Gasteiger partial charge in [0.15, 0.2) is 18.2 Å². The molecule has 23 heavy (non-hydrogen) atoms. The summed E-state index contributed by atoms with van der Waals surface area (Å²) in [5.74, 6) is 0.262. The van der Waals surface area contributed by atoms with E-state index in [1.807, 2.05) is 10.9 Å². The maximum Gasteiger partial charge on any atom is 0.191 e. The Bertz CT molecular complexity index is 615. The quantitative estimate of drug-likeness (QED) is 0.553. The van der Waals surface area contributed by atoms with Crippen molar-refractivity contribution < 1.29 is 12.8 Å². The minimum absolute atomic E-state index is 0.107. The first-order valence-corrected chi connectivity index (χ1v) is 13.1. The van der Waals surface area contributed by atoms with E-state index in [1.54, 1.807) is 0 Å². The summed E-state index contributed by atoms with van der Waals surface area (Å²) in [6, 6.07) is 0. The zero-order valence-electron chi connectivity index (χ0n) is 15.1. The van der Waals surface area contributed by atoms with Gasteiger partial charge in [-0.3, -0.25) is 4.68 Å². The molecule has 0 aromatic carbocycles. The van der Waals surface area contributed by atoms with Crippen LogP contribution in [0.25, 0.3) is 0 Å². The lowest BCUT2D eigenvalue weighted by molar-refractivity contribution is 0.276. The van der Waals surface area contributed by atoms with Gasteiger partial charge in [-0.25, -0.2) is 8.42 Å². The Morgan fingerprint density at radius 3 is 2.52 bits per heavy atom. The number of sulfone groups is 1. The largest absolute Gasteiger partial charge is 0.417 e. The summed E-state index contributed by atoms with van der Waals surface area (Å²) in [6.07, 6.45) is 5.12. The van der Waals surface area contributed by atoms with Crippen LogP contribution in [0.1, 0.15) is 51.3 Å². The van der Waals surface area contributed by atoms with Gasteiger partial charge in [-0.2, -0.15) is 5.10 Å². The third-order valence-corrected chi connectivity index (χ3v) is 11.0. The van der Waals surface area contributed by atoms with Crippen LogP contribution in [0, 0.1) is 0 Å². The predicted octanol–water partition coefficient (Wildman–Crippen LogP) is 3.50. The molecule has 0 bridgehead atoms. The number of fused-ring (bicyclic) bond motifs is 1. The van der Waals surface area contributed by atoms with Gasteiger partial charge in [-0.05, 0) is 37.4 Å². The summed E-state index contributed by atoms with van der Waals surface area (Å²) >= 11 is 0. The zero-order valence-corrected chi connectivity index (χ0v) is 16.9. The van der Waals surface area contributed by atoms with E-state index < -0.39 is 18.2 Å². The maximum absolute atomic E-state index is 11.5. The molecule has 0 saturated heterocycles. The number of aryl methyl sites for hydroxylation is 1. The first-order valence-electron chi connectivity index (χ1n) is 8.40. The van der Waals surface area contributed by atoms with Crippen LogP contribution >= 0.6 is 0 Å². The molecule has 0 spiro atoms. The van der Waals surface area contributed by atoms with Crippen LogP contribution in [0.2, 0.25) is 18.1 Å². The van der Waals surface area contributed by atoms with E-state index in [0.717, 1.165) is 43.7 Å². The van der Waals surface area contributed by atoms with Gasteiger partial charge in [-0.1, -0.05) is 20.8 Å². The molecule has 1 aromatic rings. The molecule has 0 fully saturated rings. The molecule has 1 aromatic heterocycles. The fourth-order valence-corrected chi connectivity index (χ4v) is 5.02. The van der Waals surface area contributed by atoms with E-state index in [1.165, 1.54) is 0 Å². The van der Waals surface area contributed by atoms with E-state index in [9.17, 15) is 8.42 Å². The van der Waals surface area contributed by atoms with Crippen LogP contribution < -0.4 is 0 Å². The van der Waals surface area contributed by atoms with Gasteiger partial charge in [0, 0.05) is 24.9 Å². The van der Waals surface area contributed by atoms with Crippen molar-refractivity contribution in [3.05, 3.63) is 17.5 Å². The maximum atomic E-state index is 11.5. The molecule has 1 aliphatic rings. The Labute approximate surface area is 141 Å². The monoisotopic (exact) mass is 358 g/mol. The summed E-state index contributed by atoms with van der Waals surface area (Å²) < 4.78 is 31.0. The van der Waals surface area contributed by atoms with E-state index in [2.05, 4.69) is 39.0 Å². The van der Waals surface area contributed by atoms with Crippen molar-refractivity contribution in [2.24, 2.45) is 0 Å². The minimum atomic E-state index is -2.93. The van der Waals surface area contributed by atoms with Gasteiger partial charge in [0.05, 0.1) is 17.2 Å². The van der Waals surface area contributed by atoms with Crippen LogP contribution in [-0.2, 0) is 32.3 Å². The highest BCUT2D eigenvalue weighted by atomic mass is 32.2. The van der Waals surface area contributed by atoms with Gasteiger partial charge < -0.3 is 4.43 Å². The highest BCUT2D eigenvalue weighted by Gasteiger charge is 2.36. The molecule has 0 amide bonds. The van der Waals surface area contributed by atoms with E-state index in [4.69, 9.17) is 4.43 Å². The molecule has 7 heteroatoms. The van der Waals surface area contributed by atoms with Crippen LogP contribution in [0.5, 0.6) is 0 Å². The lowest BCUT2D eigenvalue weighted by atomic mass is 10.2. The van der Waals surface area contributed by atoms with Gasteiger partial charge >= 0.3 is 0 Å². The fourth-order valence-electron chi connectivity index (χ4n) is 2.45. The normalized spacial score (nSPS) is 17.4. The van der Waals surface area contributed by atoms with Gasteiger partial charge in [0.25, 0.3) is 0 Å². The minimum Gasteiger partial charge on any atom is -0.417 e. The number of nitrogens with zero attached hydrogens (tertiary/aromatic N) is 2. The SMILES string of the molecule is CC(C)(C)[Si](C)(C)OCCCCCn1cc2c(n1)CS(=O)(=O)C2. The molecule has 0 unspecified atom stereocenters. The molecule has 2 rings (SSSR count). The lowest BCUT2D eigenvalue weighted by Crippen LogP contribution is -2.40. The van der Waals surface area contributed by atoms with Crippen LogP contribution in [0.4, 0.5) is 0 Å². The topological polar surface area (TPSA) is 61.2 Å². The van der Waals surface area contributed by atoms with Crippen LogP contribution in [0.15, 0.2) is 6.20 Å². The van der Waals surface area contributed by atoms with Crippen molar-refractivity contribution >= 4 is 18.2 Å². The summed E-state index contributed by atoms with van der Waals surface area (Å²) in [4.78, 5) is 0. The number of unbranched alkanes of at least 4 members (excludes halogenated alkanes) is 2. The number of hydrogen-bond acceptors (Lipinski definition) is 4. The van der Waals surface area contributed by atoms with Crippen molar-refractivity contribution in [1.82, 2.24) is 9.78 Å². The zero-order chi connectivity index (χ0) is 17.3. The molecule has 0 N–H and O–H groups in total. The summed E-state index contributed by atoms with van der Waals surface area (Å²) in [5.41, 5.74) is 1.62. The second kappa shape index (κ2) is 6.68. The molecule has 0 saturated carbocycles.